The van der Waals surface area contributed by atoms with E-state index in [1.165, 1.54) is 11.1 Å². The van der Waals surface area contributed by atoms with Gasteiger partial charge < -0.3 is 10.6 Å². The quantitative estimate of drug-likeness (QED) is 0.790. The third-order valence-corrected chi connectivity index (χ3v) is 3.18. The van der Waals surface area contributed by atoms with Gasteiger partial charge in [0.1, 0.15) is 0 Å². The average Bonchev–Trinajstić information content (AvgIpc) is 2.52. The van der Waals surface area contributed by atoms with Crippen LogP contribution in [0.4, 0.5) is 0 Å². The highest BCUT2D eigenvalue weighted by molar-refractivity contribution is 5.94. The summed E-state index contributed by atoms with van der Waals surface area (Å²) in [5.74, 6) is -0.0379. The second kappa shape index (κ2) is 7.46. The molecule has 0 aliphatic heterocycles. The highest BCUT2D eigenvalue weighted by Gasteiger charge is 2.03. The molecule has 0 aliphatic carbocycles. The topological polar surface area (TPSA) is 41.1 Å². The standard InChI is InChI=1S/C17H20N2O/c1-18-17(20)16-9-5-8-14(12-16)10-11-19-13-15-6-3-2-4-7-15/h2-9,12,19H,10-11,13H2,1H3,(H,18,20). The summed E-state index contributed by atoms with van der Waals surface area (Å²) in [5, 5.41) is 6.05. The fraction of sp³-hybridized carbons (Fsp3) is 0.235. The SMILES string of the molecule is CNC(=O)c1cccc(CCNCc2ccccc2)c1. The Morgan fingerprint density at radius 1 is 1.00 bits per heavy atom. The minimum atomic E-state index is -0.0379. The zero-order valence-electron chi connectivity index (χ0n) is 11.7. The maximum Gasteiger partial charge on any atom is 0.251 e. The van der Waals surface area contributed by atoms with E-state index in [4.69, 9.17) is 0 Å². The Hall–Kier alpha value is -2.13. The Morgan fingerprint density at radius 2 is 1.75 bits per heavy atom. The summed E-state index contributed by atoms with van der Waals surface area (Å²) in [6.07, 6.45) is 0.914. The molecule has 0 radical (unpaired) electrons. The Bertz CT molecular complexity index is 552. The van der Waals surface area contributed by atoms with E-state index in [0.29, 0.717) is 5.56 Å². The van der Waals surface area contributed by atoms with Crippen molar-refractivity contribution in [2.75, 3.05) is 13.6 Å². The van der Waals surface area contributed by atoms with Crippen LogP contribution in [0.3, 0.4) is 0 Å². The molecular weight excluding hydrogens is 248 g/mol. The normalized spacial score (nSPS) is 10.2. The van der Waals surface area contributed by atoms with Crippen LogP contribution in [0.2, 0.25) is 0 Å². The van der Waals surface area contributed by atoms with E-state index in [1.807, 2.05) is 36.4 Å². The van der Waals surface area contributed by atoms with Gasteiger partial charge in [0.15, 0.2) is 0 Å². The predicted molar refractivity (Wildman–Crippen MR) is 81.7 cm³/mol. The molecule has 0 fully saturated rings. The van der Waals surface area contributed by atoms with E-state index in [1.54, 1.807) is 7.05 Å². The lowest BCUT2D eigenvalue weighted by atomic mass is 10.1. The van der Waals surface area contributed by atoms with Crippen molar-refractivity contribution in [3.8, 4) is 0 Å². The number of amides is 1. The summed E-state index contributed by atoms with van der Waals surface area (Å²) < 4.78 is 0. The fourth-order valence-corrected chi connectivity index (χ4v) is 2.07. The first-order valence-electron chi connectivity index (χ1n) is 6.85. The number of carbonyl (C=O) groups excluding carboxylic acids is 1. The number of rotatable bonds is 6. The highest BCUT2D eigenvalue weighted by Crippen LogP contribution is 2.06. The van der Waals surface area contributed by atoms with Crippen LogP contribution in [0.1, 0.15) is 21.5 Å². The molecule has 0 atom stereocenters. The molecule has 0 saturated heterocycles. The molecule has 20 heavy (non-hydrogen) atoms. The van der Waals surface area contributed by atoms with Crippen molar-refractivity contribution in [2.24, 2.45) is 0 Å². The lowest BCUT2D eigenvalue weighted by Gasteiger charge is -2.06. The predicted octanol–water partition coefficient (Wildman–Crippen LogP) is 2.38. The number of benzene rings is 2. The fourth-order valence-electron chi connectivity index (χ4n) is 2.07. The van der Waals surface area contributed by atoms with E-state index >= 15 is 0 Å². The van der Waals surface area contributed by atoms with Crippen LogP contribution >= 0.6 is 0 Å². The van der Waals surface area contributed by atoms with E-state index in [-0.39, 0.29) is 5.91 Å². The van der Waals surface area contributed by atoms with Gasteiger partial charge in [-0.1, -0.05) is 42.5 Å². The monoisotopic (exact) mass is 268 g/mol. The van der Waals surface area contributed by atoms with Gasteiger partial charge in [-0.15, -0.1) is 0 Å². The largest absolute Gasteiger partial charge is 0.355 e. The minimum absolute atomic E-state index is 0.0379. The van der Waals surface area contributed by atoms with Crippen molar-refractivity contribution >= 4 is 5.91 Å². The van der Waals surface area contributed by atoms with Gasteiger partial charge in [-0.3, -0.25) is 4.79 Å². The average molecular weight is 268 g/mol. The first kappa shape index (κ1) is 14.3. The first-order valence-corrected chi connectivity index (χ1v) is 6.85. The lowest BCUT2D eigenvalue weighted by molar-refractivity contribution is 0.0963. The number of carbonyl (C=O) groups is 1. The molecule has 0 unspecified atom stereocenters. The Morgan fingerprint density at radius 3 is 2.50 bits per heavy atom. The summed E-state index contributed by atoms with van der Waals surface area (Å²) >= 11 is 0. The number of hydrogen-bond acceptors (Lipinski definition) is 2. The molecular formula is C17H20N2O. The van der Waals surface area contributed by atoms with Crippen LogP contribution in [0.15, 0.2) is 54.6 Å². The molecule has 2 rings (SSSR count). The molecule has 2 aromatic carbocycles. The van der Waals surface area contributed by atoms with E-state index in [9.17, 15) is 4.79 Å². The molecule has 0 spiro atoms. The van der Waals surface area contributed by atoms with Gasteiger partial charge in [0.2, 0.25) is 0 Å². The van der Waals surface area contributed by atoms with E-state index in [2.05, 4.69) is 28.8 Å². The van der Waals surface area contributed by atoms with Crippen LogP contribution in [0, 0.1) is 0 Å². The molecule has 3 heteroatoms. The van der Waals surface area contributed by atoms with E-state index in [0.717, 1.165) is 19.5 Å². The van der Waals surface area contributed by atoms with Crippen molar-refractivity contribution in [1.29, 1.82) is 0 Å². The highest BCUT2D eigenvalue weighted by atomic mass is 16.1. The van der Waals surface area contributed by atoms with Gasteiger partial charge in [0, 0.05) is 19.2 Å². The van der Waals surface area contributed by atoms with Crippen LogP contribution in [-0.2, 0) is 13.0 Å². The van der Waals surface area contributed by atoms with Gasteiger partial charge >= 0.3 is 0 Å². The van der Waals surface area contributed by atoms with Gasteiger partial charge in [0.05, 0.1) is 0 Å². The molecule has 0 heterocycles. The molecule has 0 saturated carbocycles. The number of hydrogen-bond donors (Lipinski definition) is 2. The van der Waals surface area contributed by atoms with Crippen molar-refractivity contribution in [2.45, 2.75) is 13.0 Å². The lowest BCUT2D eigenvalue weighted by Crippen LogP contribution is -2.19. The third-order valence-electron chi connectivity index (χ3n) is 3.18. The summed E-state index contributed by atoms with van der Waals surface area (Å²) in [5.41, 5.74) is 3.17. The second-order valence-corrected chi connectivity index (χ2v) is 4.69. The maximum absolute atomic E-state index is 11.6. The summed E-state index contributed by atoms with van der Waals surface area (Å²) in [6.45, 7) is 1.77. The minimum Gasteiger partial charge on any atom is -0.355 e. The first-order chi connectivity index (χ1) is 9.79. The van der Waals surface area contributed by atoms with Gasteiger partial charge in [0.25, 0.3) is 5.91 Å². The molecule has 1 amide bonds. The Labute approximate surface area is 120 Å². The van der Waals surface area contributed by atoms with E-state index < -0.39 is 0 Å². The van der Waals surface area contributed by atoms with Crippen molar-refractivity contribution in [3.63, 3.8) is 0 Å². The summed E-state index contributed by atoms with van der Waals surface area (Å²) in [4.78, 5) is 11.6. The molecule has 0 aliphatic rings. The third kappa shape index (κ3) is 4.21. The summed E-state index contributed by atoms with van der Waals surface area (Å²) in [6, 6.07) is 18.1. The molecule has 104 valence electrons. The van der Waals surface area contributed by atoms with Crippen LogP contribution in [0.25, 0.3) is 0 Å². The summed E-state index contributed by atoms with van der Waals surface area (Å²) in [7, 11) is 1.65. The zero-order valence-corrected chi connectivity index (χ0v) is 11.7. The van der Waals surface area contributed by atoms with Crippen LogP contribution < -0.4 is 10.6 Å². The van der Waals surface area contributed by atoms with Crippen molar-refractivity contribution in [1.82, 2.24) is 10.6 Å². The Kier molecular flexibility index (Phi) is 5.33. The molecule has 0 bridgehead atoms. The smallest absolute Gasteiger partial charge is 0.251 e. The van der Waals surface area contributed by atoms with Gasteiger partial charge in [-0.2, -0.15) is 0 Å². The van der Waals surface area contributed by atoms with Gasteiger partial charge in [-0.25, -0.2) is 0 Å². The molecule has 0 aromatic heterocycles. The maximum atomic E-state index is 11.6. The van der Waals surface area contributed by atoms with Gasteiger partial charge in [-0.05, 0) is 36.2 Å². The second-order valence-electron chi connectivity index (χ2n) is 4.69. The van der Waals surface area contributed by atoms with Crippen molar-refractivity contribution in [3.05, 3.63) is 71.3 Å². The molecule has 3 nitrogen and oxygen atoms in total. The van der Waals surface area contributed by atoms with Crippen LogP contribution in [-0.4, -0.2) is 19.5 Å². The van der Waals surface area contributed by atoms with Crippen LogP contribution in [0.5, 0.6) is 0 Å². The Balaban J connectivity index is 1.81. The molecule has 2 aromatic rings. The number of nitrogens with one attached hydrogen (secondary N) is 2. The zero-order chi connectivity index (χ0) is 14.2. The molecule has 2 N–H and O–H groups in total. The van der Waals surface area contributed by atoms with Crippen molar-refractivity contribution < 1.29 is 4.79 Å².